The monoisotopic (exact) mass is 319 g/mol. The molecule has 4 rings (SSSR count). The fourth-order valence-corrected chi connectivity index (χ4v) is 3.25. The maximum atomic E-state index is 4.45. The Bertz CT molecular complexity index is 798. The highest BCUT2D eigenvalue weighted by molar-refractivity contribution is 5.80. The molecule has 1 aliphatic heterocycles. The zero-order valence-corrected chi connectivity index (χ0v) is 14.1. The van der Waals surface area contributed by atoms with Gasteiger partial charge >= 0.3 is 0 Å². The standard InChI is InChI=1S/C20H23N4/c1-23-10-12-24(13-11-23)9-7-16-2-4-17(5-3-16)19-14-18-6-8-21-20(18)22-15-19/h2-5,8,14-15H,7,9-13H2,1H3,(H,21,22). The number of pyridine rings is 1. The second-order valence-electron chi connectivity index (χ2n) is 6.65. The van der Waals surface area contributed by atoms with E-state index in [-0.39, 0.29) is 0 Å². The van der Waals surface area contributed by atoms with Gasteiger partial charge in [-0.1, -0.05) is 24.3 Å². The number of hydrogen-bond donors (Lipinski definition) is 1. The van der Waals surface area contributed by atoms with Crippen LogP contribution in [0.5, 0.6) is 0 Å². The molecule has 1 radical (unpaired) electrons. The summed E-state index contributed by atoms with van der Waals surface area (Å²) in [6.07, 6.45) is 4.85. The molecule has 0 saturated carbocycles. The summed E-state index contributed by atoms with van der Waals surface area (Å²) in [5.74, 6) is 0. The number of aromatic nitrogens is 2. The predicted octanol–water partition coefficient (Wildman–Crippen LogP) is 2.82. The van der Waals surface area contributed by atoms with Gasteiger partial charge in [0.2, 0.25) is 0 Å². The van der Waals surface area contributed by atoms with Gasteiger partial charge in [0.1, 0.15) is 5.65 Å². The molecule has 0 bridgehead atoms. The van der Waals surface area contributed by atoms with Crippen LogP contribution < -0.4 is 0 Å². The summed E-state index contributed by atoms with van der Waals surface area (Å²) in [5, 5.41) is 1.03. The largest absolute Gasteiger partial charge is 0.346 e. The quantitative estimate of drug-likeness (QED) is 0.803. The summed E-state index contributed by atoms with van der Waals surface area (Å²) >= 11 is 0. The maximum Gasteiger partial charge on any atom is 0.137 e. The maximum absolute atomic E-state index is 4.45. The van der Waals surface area contributed by atoms with Crippen molar-refractivity contribution in [3.8, 4) is 11.1 Å². The van der Waals surface area contributed by atoms with Crippen molar-refractivity contribution in [2.45, 2.75) is 6.42 Å². The first kappa shape index (κ1) is 15.4. The number of fused-ring (bicyclic) bond motifs is 1. The molecule has 24 heavy (non-hydrogen) atoms. The van der Waals surface area contributed by atoms with Gasteiger partial charge in [0.05, 0.1) is 0 Å². The van der Waals surface area contributed by atoms with Gasteiger partial charge < -0.3 is 14.8 Å². The topological polar surface area (TPSA) is 35.2 Å². The summed E-state index contributed by atoms with van der Waals surface area (Å²) in [5.41, 5.74) is 4.65. The normalized spacial score (nSPS) is 16.7. The minimum Gasteiger partial charge on any atom is -0.346 e. The first-order valence-corrected chi connectivity index (χ1v) is 8.63. The molecule has 0 unspecified atom stereocenters. The van der Waals surface area contributed by atoms with E-state index in [1.807, 2.05) is 12.4 Å². The lowest BCUT2D eigenvalue weighted by molar-refractivity contribution is 0.155. The molecule has 123 valence electrons. The minimum absolute atomic E-state index is 0.891. The Balaban J connectivity index is 1.40. The lowest BCUT2D eigenvalue weighted by atomic mass is 10.0. The predicted molar refractivity (Wildman–Crippen MR) is 98.0 cm³/mol. The number of H-pyrrole nitrogens is 1. The SMILES string of the molecule is CN1CCN(CCc2ccc(-c3cnc4[nH]c[c]c4c3)cc2)CC1. The van der Waals surface area contributed by atoms with E-state index < -0.39 is 0 Å². The molecule has 2 aromatic heterocycles. The van der Waals surface area contributed by atoms with Crippen molar-refractivity contribution in [2.75, 3.05) is 39.8 Å². The number of rotatable bonds is 4. The highest BCUT2D eigenvalue weighted by Crippen LogP contribution is 2.22. The van der Waals surface area contributed by atoms with Crippen molar-refractivity contribution in [3.05, 3.63) is 54.4 Å². The van der Waals surface area contributed by atoms with Crippen LogP contribution in [0.25, 0.3) is 22.2 Å². The fourth-order valence-electron chi connectivity index (χ4n) is 3.25. The molecular formula is C20H23N4. The third kappa shape index (κ3) is 3.35. The van der Waals surface area contributed by atoms with Gasteiger partial charge in [-0.25, -0.2) is 4.98 Å². The molecule has 0 aliphatic carbocycles. The third-order valence-corrected chi connectivity index (χ3v) is 4.92. The highest BCUT2D eigenvalue weighted by atomic mass is 15.2. The molecule has 0 atom stereocenters. The van der Waals surface area contributed by atoms with Crippen molar-refractivity contribution in [2.24, 2.45) is 0 Å². The first-order chi connectivity index (χ1) is 11.8. The van der Waals surface area contributed by atoms with Crippen LogP contribution in [0.15, 0.2) is 42.7 Å². The second-order valence-corrected chi connectivity index (χ2v) is 6.65. The van der Waals surface area contributed by atoms with E-state index in [9.17, 15) is 0 Å². The first-order valence-electron chi connectivity index (χ1n) is 8.63. The van der Waals surface area contributed by atoms with Gasteiger partial charge in [-0.2, -0.15) is 0 Å². The van der Waals surface area contributed by atoms with Gasteiger partial charge in [-0.15, -0.1) is 0 Å². The molecule has 1 saturated heterocycles. The van der Waals surface area contributed by atoms with Crippen LogP contribution in [0, 0.1) is 6.07 Å². The van der Waals surface area contributed by atoms with Crippen molar-refractivity contribution in [1.29, 1.82) is 0 Å². The Hall–Kier alpha value is -2.17. The molecule has 0 spiro atoms. The summed E-state index contributed by atoms with van der Waals surface area (Å²) in [6, 6.07) is 14.2. The van der Waals surface area contributed by atoms with Crippen molar-refractivity contribution < 1.29 is 0 Å². The van der Waals surface area contributed by atoms with Crippen LogP contribution in [-0.4, -0.2) is 59.5 Å². The van der Waals surface area contributed by atoms with Crippen LogP contribution in [-0.2, 0) is 6.42 Å². The number of aromatic amines is 1. The lowest BCUT2D eigenvalue weighted by Crippen LogP contribution is -2.45. The van der Waals surface area contributed by atoms with E-state index in [2.05, 4.69) is 63.2 Å². The number of nitrogens with one attached hydrogen (secondary N) is 1. The van der Waals surface area contributed by atoms with Crippen LogP contribution in [0.2, 0.25) is 0 Å². The van der Waals surface area contributed by atoms with Crippen molar-refractivity contribution >= 4 is 11.0 Å². The van der Waals surface area contributed by atoms with E-state index in [4.69, 9.17) is 0 Å². The Morgan fingerprint density at radius 2 is 1.88 bits per heavy atom. The van der Waals surface area contributed by atoms with Gasteiger partial charge in [-0.3, -0.25) is 0 Å². The fraction of sp³-hybridized carbons (Fsp3) is 0.350. The molecule has 4 nitrogen and oxygen atoms in total. The molecule has 1 aromatic carbocycles. The molecule has 3 aromatic rings. The smallest absolute Gasteiger partial charge is 0.137 e. The van der Waals surface area contributed by atoms with Crippen LogP contribution in [0.1, 0.15) is 5.56 Å². The van der Waals surface area contributed by atoms with Crippen LogP contribution >= 0.6 is 0 Å². The van der Waals surface area contributed by atoms with E-state index >= 15 is 0 Å². The Labute approximate surface area is 143 Å². The molecule has 3 heterocycles. The Kier molecular flexibility index (Phi) is 4.32. The molecule has 1 aliphatic rings. The number of piperazine rings is 1. The van der Waals surface area contributed by atoms with E-state index in [1.54, 1.807) is 0 Å². The summed E-state index contributed by atoms with van der Waals surface area (Å²) in [6.45, 7) is 5.90. The molecule has 1 N–H and O–H groups in total. The lowest BCUT2D eigenvalue weighted by Gasteiger charge is -2.32. The van der Waals surface area contributed by atoms with E-state index in [0.29, 0.717) is 0 Å². The zero-order chi connectivity index (χ0) is 16.4. The van der Waals surface area contributed by atoms with Gasteiger partial charge in [-0.05, 0) is 30.7 Å². The van der Waals surface area contributed by atoms with E-state index in [0.717, 1.165) is 29.6 Å². The average Bonchev–Trinajstić information content (AvgIpc) is 3.09. The van der Waals surface area contributed by atoms with Crippen molar-refractivity contribution in [1.82, 2.24) is 19.8 Å². The van der Waals surface area contributed by atoms with Gasteiger partial charge in [0.25, 0.3) is 0 Å². The zero-order valence-electron chi connectivity index (χ0n) is 14.1. The number of hydrogen-bond acceptors (Lipinski definition) is 3. The summed E-state index contributed by atoms with van der Waals surface area (Å²) in [7, 11) is 2.20. The summed E-state index contributed by atoms with van der Waals surface area (Å²) in [4.78, 5) is 12.5. The highest BCUT2D eigenvalue weighted by Gasteiger charge is 2.13. The molecule has 4 heteroatoms. The average molecular weight is 319 g/mol. The van der Waals surface area contributed by atoms with Gasteiger partial charge in [0, 0.05) is 62.1 Å². The molecule has 1 fully saturated rings. The number of likely N-dealkylation sites (N-methyl/N-ethyl adjacent to an activating group) is 1. The number of benzene rings is 1. The molecular weight excluding hydrogens is 296 g/mol. The van der Waals surface area contributed by atoms with E-state index in [1.165, 1.54) is 37.3 Å². The Morgan fingerprint density at radius 1 is 1.08 bits per heavy atom. The third-order valence-electron chi connectivity index (χ3n) is 4.92. The van der Waals surface area contributed by atoms with Crippen molar-refractivity contribution in [3.63, 3.8) is 0 Å². The Morgan fingerprint density at radius 3 is 2.67 bits per heavy atom. The molecule has 0 amide bonds. The minimum atomic E-state index is 0.891. The van der Waals surface area contributed by atoms with Gasteiger partial charge in [0.15, 0.2) is 0 Å². The second kappa shape index (κ2) is 6.75. The van der Waals surface area contributed by atoms with Crippen LogP contribution in [0.3, 0.4) is 0 Å². The number of nitrogens with zero attached hydrogens (tertiary/aromatic N) is 3. The van der Waals surface area contributed by atoms with Crippen LogP contribution in [0.4, 0.5) is 0 Å². The summed E-state index contributed by atoms with van der Waals surface area (Å²) < 4.78 is 0.